The first-order chi connectivity index (χ1) is 9.53. The van der Waals surface area contributed by atoms with Crippen molar-refractivity contribution in [2.45, 2.75) is 11.3 Å². The molecule has 1 aromatic heterocycles. The molecule has 0 bridgehead atoms. The summed E-state index contributed by atoms with van der Waals surface area (Å²) < 4.78 is 25.8. The first-order valence-electron chi connectivity index (χ1n) is 6.12. The number of rotatable bonds is 6. The van der Waals surface area contributed by atoms with Crippen LogP contribution in [-0.4, -0.2) is 22.0 Å². The van der Waals surface area contributed by atoms with Gasteiger partial charge in [0.2, 0.25) is 10.0 Å². The molecule has 0 unspecified atom stereocenters. The van der Waals surface area contributed by atoms with Crippen molar-refractivity contribution in [2.75, 3.05) is 24.6 Å². The Bertz CT molecular complexity index is 667. The Balaban J connectivity index is 2.09. The van der Waals surface area contributed by atoms with Gasteiger partial charge in [0.15, 0.2) is 0 Å². The van der Waals surface area contributed by atoms with Crippen LogP contribution in [0.25, 0.3) is 0 Å². The minimum absolute atomic E-state index is 0.202. The van der Waals surface area contributed by atoms with Crippen LogP contribution in [-0.2, 0) is 16.4 Å². The van der Waals surface area contributed by atoms with E-state index in [0.717, 1.165) is 6.42 Å². The number of nitrogen functional groups attached to an aromatic ring is 1. The third-order valence-electron chi connectivity index (χ3n) is 2.87. The molecule has 0 saturated heterocycles. The van der Waals surface area contributed by atoms with Crippen LogP contribution in [0.2, 0.25) is 0 Å². The molecule has 108 valence electrons. The third kappa shape index (κ3) is 3.50. The Morgan fingerprint density at radius 2 is 2.10 bits per heavy atom. The molecule has 4 N–H and O–H groups in total. The molecule has 1 aromatic carbocycles. The summed E-state index contributed by atoms with van der Waals surface area (Å²) in [7, 11) is -2.06. The van der Waals surface area contributed by atoms with E-state index in [-0.39, 0.29) is 4.90 Å². The highest BCUT2D eigenvalue weighted by Gasteiger charge is 2.12. The van der Waals surface area contributed by atoms with Gasteiger partial charge in [-0.05, 0) is 43.1 Å². The summed E-state index contributed by atoms with van der Waals surface area (Å²) in [4.78, 5) is 1.47. The number of hydrogen-bond acceptors (Lipinski definition) is 5. The highest BCUT2D eigenvalue weighted by Crippen LogP contribution is 2.22. The van der Waals surface area contributed by atoms with E-state index in [0.29, 0.717) is 17.9 Å². The number of hydrogen-bond donors (Lipinski definition) is 3. The fourth-order valence-corrected chi connectivity index (χ4v) is 3.21. The van der Waals surface area contributed by atoms with Gasteiger partial charge in [0.1, 0.15) is 0 Å². The molecule has 5 nitrogen and oxygen atoms in total. The van der Waals surface area contributed by atoms with Crippen LogP contribution in [0, 0.1) is 0 Å². The summed E-state index contributed by atoms with van der Waals surface area (Å²) in [5.74, 6) is 0. The molecule has 0 radical (unpaired) electrons. The van der Waals surface area contributed by atoms with Crippen molar-refractivity contribution in [3.05, 3.63) is 40.6 Å². The van der Waals surface area contributed by atoms with Crippen LogP contribution in [0.3, 0.4) is 0 Å². The van der Waals surface area contributed by atoms with Gasteiger partial charge in [0, 0.05) is 11.4 Å². The van der Waals surface area contributed by atoms with Crippen LogP contribution >= 0.6 is 11.3 Å². The fourth-order valence-electron chi connectivity index (χ4n) is 1.75. The largest absolute Gasteiger partial charge is 0.397 e. The maximum atomic E-state index is 11.7. The molecule has 7 heteroatoms. The van der Waals surface area contributed by atoms with Gasteiger partial charge in [-0.25, -0.2) is 13.1 Å². The Hall–Kier alpha value is -1.57. The normalized spacial score (nSPS) is 11.4. The van der Waals surface area contributed by atoms with Gasteiger partial charge in [-0.2, -0.15) is 0 Å². The minimum Gasteiger partial charge on any atom is -0.397 e. The van der Waals surface area contributed by atoms with E-state index in [2.05, 4.69) is 16.1 Å². The van der Waals surface area contributed by atoms with Gasteiger partial charge < -0.3 is 11.1 Å². The van der Waals surface area contributed by atoms with Crippen molar-refractivity contribution < 1.29 is 8.42 Å². The number of sulfonamides is 1. The second-order valence-corrected chi connectivity index (χ2v) is 7.13. The molecule has 0 saturated carbocycles. The van der Waals surface area contributed by atoms with Crippen LogP contribution in [0.15, 0.2) is 40.6 Å². The van der Waals surface area contributed by atoms with Crippen LogP contribution < -0.4 is 15.8 Å². The summed E-state index contributed by atoms with van der Waals surface area (Å²) in [6.07, 6.45) is 0.875. The second kappa shape index (κ2) is 6.25. The molecular weight excluding hydrogens is 294 g/mol. The molecule has 0 fully saturated rings. The van der Waals surface area contributed by atoms with E-state index >= 15 is 0 Å². The predicted octanol–water partition coefficient (Wildman–Crippen LogP) is 1.89. The van der Waals surface area contributed by atoms with Gasteiger partial charge in [-0.3, -0.25) is 0 Å². The molecule has 2 aromatic rings. The van der Waals surface area contributed by atoms with Crippen LogP contribution in [0.4, 0.5) is 11.4 Å². The van der Waals surface area contributed by atoms with E-state index in [4.69, 9.17) is 5.73 Å². The average Bonchev–Trinajstić information content (AvgIpc) is 2.94. The molecule has 0 aliphatic rings. The third-order valence-corrected chi connectivity index (χ3v) is 5.22. The van der Waals surface area contributed by atoms with E-state index in [9.17, 15) is 8.42 Å². The molecule has 1 heterocycles. The summed E-state index contributed by atoms with van der Waals surface area (Å²) in [5, 5.41) is 5.21. The average molecular weight is 311 g/mol. The molecule has 0 aliphatic heterocycles. The Morgan fingerprint density at radius 1 is 1.30 bits per heavy atom. The smallest absolute Gasteiger partial charge is 0.240 e. The number of nitrogens with one attached hydrogen (secondary N) is 2. The molecule has 0 spiro atoms. The molecular formula is C13H17N3O2S2. The fraction of sp³-hybridized carbons (Fsp3) is 0.231. The zero-order valence-electron chi connectivity index (χ0n) is 11.1. The van der Waals surface area contributed by atoms with Gasteiger partial charge in [0.05, 0.1) is 16.3 Å². The Kier molecular flexibility index (Phi) is 4.64. The highest BCUT2D eigenvalue weighted by molar-refractivity contribution is 7.89. The van der Waals surface area contributed by atoms with Crippen molar-refractivity contribution in [2.24, 2.45) is 0 Å². The minimum atomic E-state index is -3.45. The maximum Gasteiger partial charge on any atom is 0.240 e. The number of anilines is 2. The Morgan fingerprint density at radius 3 is 2.75 bits per heavy atom. The van der Waals surface area contributed by atoms with E-state index in [1.165, 1.54) is 18.0 Å². The van der Waals surface area contributed by atoms with Crippen molar-refractivity contribution >= 4 is 32.7 Å². The predicted molar refractivity (Wildman–Crippen MR) is 83.6 cm³/mol. The van der Waals surface area contributed by atoms with Crippen LogP contribution in [0.5, 0.6) is 0 Å². The SMILES string of the molecule is CNS(=O)(=O)c1ccc(N)c(NCCc2cccs2)c1. The standard InChI is InChI=1S/C13H17N3O2S2/c1-15-20(17,18)11-4-5-12(14)13(9-11)16-7-6-10-3-2-8-19-10/h2-5,8-9,15-16H,6-7,14H2,1H3. The summed E-state index contributed by atoms with van der Waals surface area (Å²) in [5.41, 5.74) is 7.03. The highest BCUT2D eigenvalue weighted by atomic mass is 32.2. The monoisotopic (exact) mass is 311 g/mol. The lowest BCUT2D eigenvalue weighted by molar-refractivity contribution is 0.588. The van der Waals surface area contributed by atoms with Crippen molar-refractivity contribution in [1.29, 1.82) is 0 Å². The first kappa shape index (κ1) is 14.8. The molecule has 20 heavy (non-hydrogen) atoms. The van der Waals surface area contributed by atoms with Gasteiger partial charge in [-0.1, -0.05) is 6.07 Å². The number of benzene rings is 1. The second-order valence-electron chi connectivity index (χ2n) is 4.21. The van der Waals surface area contributed by atoms with Crippen molar-refractivity contribution in [1.82, 2.24) is 4.72 Å². The van der Waals surface area contributed by atoms with Gasteiger partial charge >= 0.3 is 0 Å². The summed E-state index contributed by atoms with van der Waals surface area (Å²) in [6.45, 7) is 0.702. The lowest BCUT2D eigenvalue weighted by atomic mass is 10.2. The summed E-state index contributed by atoms with van der Waals surface area (Å²) in [6, 6.07) is 8.71. The number of nitrogens with two attached hydrogens (primary N) is 1. The summed E-state index contributed by atoms with van der Waals surface area (Å²) >= 11 is 1.70. The molecule has 0 amide bonds. The van der Waals surface area contributed by atoms with E-state index < -0.39 is 10.0 Å². The zero-order valence-corrected chi connectivity index (χ0v) is 12.7. The van der Waals surface area contributed by atoms with Crippen LogP contribution in [0.1, 0.15) is 4.88 Å². The Labute approximate surface area is 122 Å². The molecule has 0 atom stereocenters. The van der Waals surface area contributed by atoms with E-state index in [1.807, 2.05) is 11.4 Å². The zero-order chi connectivity index (χ0) is 14.6. The lowest BCUT2D eigenvalue weighted by Crippen LogP contribution is -2.19. The number of thiophene rings is 1. The van der Waals surface area contributed by atoms with Crippen molar-refractivity contribution in [3.63, 3.8) is 0 Å². The lowest BCUT2D eigenvalue weighted by Gasteiger charge is -2.11. The molecule has 0 aliphatic carbocycles. The molecule has 2 rings (SSSR count). The first-order valence-corrected chi connectivity index (χ1v) is 8.48. The van der Waals surface area contributed by atoms with Gasteiger partial charge in [0.25, 0.3) is 0 Å². The van der Waals surface area contributed by atoms with Gasteiger partial charge in [-0.15, -0.1) is 11.3 Å². The quantitative estimate of drug-likeness (QED) is 0.711. The van der Waals surface area contributed by atoms with Crippen molar-refractivity contribution in [3.8, 4) is 0 Å². The maximum absolute atomic E-state index is 11.7. The van der Waals surface area contributed by atoms with E-state index in [1.54, 1.807) is 23.5 Å². The topological polar surface area (TPSA) is 84.2 Å².